The number of aromatic nitrogens is 2. The largest absolute Gasteiger partial charge is 0.381 e. The standard InChI is InChI=1S/C14H23N3O/c1-3-6-12-9-13(15-4-2)17-14(16-12)11-7-5-8-18-10-11/h9,11H,3-8,10H2,1-2H3,(H,15,16,17). The van der Waals surface area contributed by atoms with Crippen molar-refractivity contribution in [2.24, 2.45) is 0 Å². The van der Waals surface area contributed by atoms with Gasteiger partial charge in [0.15, 0.2) is 0 Å². The second-order valence-electron chi connectivity index (χ2n) is 4.80. The number of anilines is 1. The summed E-state index contributed by atoms with van der Waals surface area (Å²) in [7, 11) is 0. The van der Waals surface area contributed by atoms with Gasteiger partial charge in [-0.1, -0.05) is 13.3 Å². The molecule has 1 aliphatic rings. The molecule has 0 amide bonds. The topological polar surface area (TPSA) is 47.0 Å². The molecule has 4 nitrogen and oxygen atoms in total. The molecule has 0 saturated carbocycles. The third kappa shape index (κ3) is 3.42. The monoisotopic (exact) mass is 249 g/mol. The van der Waals surface area contributed by atoms with Crippen molar-refractivity contribution in [3.63, 3.8) is 0 Å². The molecule has 1 unspecified atom stereocenters. The summed E-state index contributed by atoms with van der Waals surface area (Å²) in [5, 5.41) is 3.29. The maximum Gasteiger partial charge on any atom is 0.136 e. The zero-order valence-electron chi connectivity index (χ0n) is 11.4. The Labute approximate surface area is 109 Å². The van der Waals surface area contributed by atoms with E-state index in [1.54, 1.807) is 0 Å². The first kappa shape index (κ1) is 13.3. The third-order valence-electron chi connectivity index (χ3n) is 3.19. The van der Waals surface area contributed by atoms with E-state index in [1.165, 1.54) is 0 Å². The highest BCUT2D eigenvalue weighted by Crippen LogP contribution is 2.24. The summed E-state index contributed by atoms with van der Waals surface area (Å²) < 4.78 is 5.54. The Bertz CT molecular complexity index is 351. The Morgan fingerprint density at radius 3 is 2.94 bits per heavy atom. The number of nitrogens with zero attached hydrogens (tertiary/aromatic N) is 2. The van der Waals surface area contributed by atoms with Crippen LogP contribution < -0.4 is 5.32 Å². The van der Waals surface area contributed by atoms with Crippen molar-refractivity contribution in [2.75, 3.05) is 25.1 Å². The van der Waals surface area contributed by atoms with Crippen LogP contribution in [0.1, 0.15) is 50.5 Å². The van der Waals surface area contributed by atoms with Gasteiger partial charge in [-0.2, -0.15) is 0 Å². The molecule has 0 radical (unpaired) electrons. The minimum Gasteiger partial charge on any atom is -0.381 e. The maximum atomic E-state index is 5.54. The van der Waals surface area contributed by atoms with E-state index in [0.717, 1.165) is 62.8 Å². The highest BCUT2D eigenvalue weighted by atomic mass is 16.5. The Kier molecular flexibility index (Phi) is 4.93. The van der Waals surface area contributed by atoms with Crippen LogP contribution in [-0.2, 0) is 11.2 Å². The summed E-state index contributed by atoms with van der Waals surface area (Å²) in [5.74, 6) is 2.28. The van der Waals surface area contributed by atoms with E-state index in [9.17, 15) is 0 Å². The van der Waals surface area contributed by atoms with Crippen LogP contribution in [0.15, 0.2) is 6.07 Å². The van der Waals surface area contributed by atoms with Gasteiger partial charge >= 0.3 is 0 Å². The molecule has 0 bridgehead atoms. The predicted octanol–water partition coefficient (Wildman–Crippen LogP) is 2.75. The summed E-state index contributed by atoms with van der Waals surface area (Å²) in [6.45, 7) is 6.80. The molecule has 1 aromatic rings. The molecule has 2 heterocycles. The van der Waals surface area contributed by atoms with Crippen molar-refractivity contribution in [3.8, 4) is 0 Å². The third-order valence-corrected chi connectivity index (χ3v) is 3.19. The summed E-state index contributed by atoms with van der Waals surface area (Å²) in [5.41, 5.74) is 1.14. The predicted molar refractivity (Wildman–Crippen MR) is 73.0 cm³/mol. The van der Waals surface area contributed by atoms with Crippen LogP contribution in [0.25, 0.3) is 0 Å². The first-order chi connectivity index (χ1) is 8.83. The lowest BCUT2D eigenvalue weighted by Crippen LogP contribution is -2.19. The molecule has 1 aliphatic heterocycles. The van der Waals surface area contributed by atoms with Crippen LogP contribution in [-0.4, -0.2) is 29.7 Å². The second-order valence-corrected chi connectivity index (χ2v) is 4.80. The molecule has 1 atom stereocenters. The van der Waals surface area contributed by atoms with Crippen LogP contribution in [0.5, 0.6) is 0 Å². The van der Waals surface area contributed by atoms with Gasteiger partial charge in [-0.05, 0) is 26.2 Å². The molecule has 0 spiro atoms. The van der Waals surface area contributed by atoms with Crippen molar-refractivity contribution in [1.82, 2.24) is 9.97 Å². The lowest BCUT2D eigenvalue weighted by Gasteiger charge is -2.21. The van der Waals surface area contributed by atoms with Gasteiger partial charge in [-0.25, -0.2) is 9.97 Å². The zero-order valence-corrected chi connectivity index (χ0v) is 11.4. The molecule has 4 heteroatoms. The Morgan fingerprint density at radius 1 is 1.39 bits per heavy atom. The minimum absolute atomic E-state index is 0.368. The lowest BCUT2D eigenvalue weighted by molar-refractivity contribution is 0.0780. The molecule has 1 N–H and O–H groups in total. The van der Waals surface area contributed by atoms with Crippen molar-refractivity contribution < 1.29 is 4.74 Å². The summed E-state index contributed by atoms with van der Waals surface area (Å²) in [4.78, 5) is 9.32. The Hall–Kier alpha value is -1.16. The van der Waals surface area contributed by atoms with E-state index in [2.05, 4.69) is 30.2 Å². The molecule has 100 valence electrons. The van der Waals surface area contributed by atoms with Gasteiger partial charge in [0.2, 0.25) is 0 Å². The number of nitrogens with one attached hydrogen (secondary N) is 1. The van der Waals surface area contributed by atoms with Crippen LogP contribution in [0.2, 0.25) is 0 Å². The number of ether oxygens (including phenoxy) is 1. The van der Waals surface area contributed by atoms with Crippen molar-refractivity contribution in [1.29, 1.82) is 0 Å². The Morgan fingerprint density at radius 2 is 2.28 bits per heavy atom. The Balaban J connectivity index is 2.20. The number of aryl methyl sites for hydroxylation is 1. The summed E-state index contributed by atoms with van der Waals surface area (Å²) >= 11 is 0. The fraction of sp³-hybridized carbons (Fsp3) is 0.714. The average Bonchev–Trinajstić information content (AvgIpc) is 2.40. The van der Waals surface area contributed by atoms with E-state index in [4.69, 9.17) is 9.72 Å². The number of rotatable bonds is 5. The average molecular weight is 249 g/mol. The molecule has 1 aromatic heterocycles. The van der Waals surface area contributed by atoms with Gasteiger partial charge in [0.05, 0.1) is 6.61 Å². The van der Waals surface area contributed by atoms with Crippen molar-refractivity contribution in [2.45, 2.75) is 45.4 Å². The van der Waals surface area contributed by atoms with Crippen LogP contribution in [0.4, 0.5) is 5.82 Å². The minimum atomic E-state index is 0.368. The highest BCUT2D eigenvalue weighted by Gasteiger charge is 2.19. The molecule has 2 rings (SSSR count). The normalized spacial score (nSPS) is 19.8. The highest BCUT2D eigenvalue weighted by molar-refractivity contribution is 5.36. The van der Waals surface area contributed by atoms with Gasteiger partial charge < -0.3 is 10.1 Å². The smallest absolute Gasteiger partial charge is 0.136 e. The SMILES string of the molecule is CCCc1cc(NCC)nc(C2CCCOC2)n1. The molecular weight excluding hydrogens is 226 g/mol. The fourth-order valence-electron chi connectivity index (χ4n) is 2.30. The van der Waals surface area contributed by atoms with Gasteiger partial charge in [0, 0.05) is 30.8 Å². The lowest BCUT2D eigenvalue weighted by atomic mass is 10.0. The van der Waals surface area contributed by atoms with Crippen molar-refractivity contribution >= 4 is 5.82 Å². The summed E-state index contributed by atoms with van der Waals surface area (Å²) in [6, 6.07) is 2.07. The number of hydrogen-bond donors (Lipinski definition) is 1. The van der Waals surface area contributed by atoms with E-state index in [0.29, 0.717) is 5.92 Å². The van der Waals surface area contributed by atoms with Crippen molar-refractivity contribution in [3.05, 3.63) is 17.6 Å². The van der Waals surface area contributed by atoms with Gasteiger partial charge in [-0.15, -0.1) is 0 Å². The number of hydrogen-bond acceptors (Lipinski definition) is 4. The van der Waals surface area contributed by atoms with E-state index < -0.39 is 0 Å². The molecule has 1 fully saturated rings. The van der Waals surface area contributed by atoms with Crippen LogP contribution in [0, 0.1) is 0 Å². The first-order valence-corrected chi connectivity index (χ1v) is 7.03. The summed E-state index contributed by atoms with van der Waals surface area (Å²) in [6.07, 6.45) is 4.38. The molecule has 0 aromatic carbocycles. The van der Waals surface area contributed by atoms with E-state index in [-0.39, 0.29) is 0 Å². The van der Waals surface area contributed by atoms with E-state index in [1.807, 2.05) is 0 Å². The molecule has 18 heavy (non-hydrogen) atoms. The van der Waals surface area contributed by atoms with Gasteiger partial charge in [0.1, 0.15) is 11.6 Å². The quantitative estimate of drug-likeness (QED) is 0.871. The fourth-order valence-corrected chi connectivity index (χ4v) is 2.30. The van der Waals surface area contributed by atoms with Gasteiger partial charge in [0.25, 0.3) is 0 Å². The van der Waals surface area contributed by atoms with Crippen LogP contribution in [0.3, 0.4) is 0 Å². The van der Waals surface area contributed by atoms with Crippen LogP contribution >= 0.6 is 0 Å². The second kappa shape index (κ2) is 6.69. The molecule has 0 aliphatic carbocycles. The van der Waals surface area contributed by atoms with E-state index >= 15 is 0 Å². The maximum absolute atomic E-state index is 5.54. The molecular formula is C14H23N3O. The zero-order chi connectivity index (χ0) is 12.8. The van der Waals surface area contributed by atoms with Gasteiger partial charge in [-0.3, -0.25) is 0 Å². The first-order valence-electron chi connectivity index (χ1n) is 7.03. The molecule has 1 saturated heterocycles.